The summed E-state index contributed by atoms with van der Waals surface area (Å²) in [7, 11) is 1.67. The van der Waals surface area contributed by atoms with Gasteiger partial charge in [-0.05, 0) is 32.4 Å². The van der Waals surface area contributed by atoms with Crippen molar-refractivity contribution in [3.8, 4) is 0 Å². The van der Waals surface area contributed by atoms with E-state index in [9.17, 15) is 14.7 Å². The van der Waals surface area contributed by atoms with Crippen molar-refractivity contribution in [3.63, 3.8) is 0 Å². The maximum atomic E-state index is 11.9. The first-order chi connectivity index (χ1) is 9.99. The number of ketones is 1. The average Bonchev–Trinajstić information content (AvgIpc) is 2.45. The molecule has 1 rings (SSSR count). The second-order valence-electron chi connectivity index (χ2n) is 4.78. The number of H-pyrrole nitrogens is 1. The number of carbonyl (C=O) groups excluding carboxylic acids is 1. The Morgan fingerprint density at radius 2 is 2.29 bits per heavy atom. The number of allylic oxidation sites excluding steroid dienone is 1. The second-order valence-corrected chi connectivity index (χ2v) is 4.78. The van der Waals surface area contributed by atoms with Crippen molar-refractivity contribution < 1.29 is 9.90 Å². The normalized spacial score (nSPS) is 12.7. The Bertz CT molecular complexity index is 564. The highest BCUT2D eigenvalue weighted by atomic mass is 16.3. The molecule has 0 aliphatic carbocycles. The molecule has 0 saturated carbocycles. The maximum Gasteiger partial charge on any atom is 0.194 e. The van der Waals surface area contributed by atoms with E-state index in [1.165, 1.54) is 6.07 Å². The van der Waals surface area contributed by atoms with Crippen LogP contribution in [-0.2, 0) is 6.42 Å². The number of likely N-dealkylation sites (N-methyl/N-ethyl adjacent to an activating group) is 1. The molecule has 1 unspecified atom stereocenters. The molecule has 1 aromatic heterocycles. The molecule has 1 atom stereocenters. The summed E-state index contributed by atoms with van der Waals surface area (Å²) in [6, 6.07) is 1.44. The molecule has 0 fully saturated rings. The number of aromatic nitrogens is 1. The Balaban J connectivity index is 2.64. The molecule has 5 N–H and O–H groups in total. The van der Waals surface area contributed by atoms with Crippen LogP contribution in [-0.4, -0.2) is 29.1 Å². The summed E-state index contributed by atoms with van der Waals surface area (Å²) in [6.07, 6.45) is 5.39. The molecule has 0 spiro atoms. The number of anilines is 1. The molecule has 0 aromatic carbocycles. The molecular weight excluding hydrogens is 270 g/mol. The first-order valence-corrected chi connectivity index (χ1v) is 7.06. The van der Waals surface area contributed by atoms with E-state index in [1.54, 1.807) is 20.0 Å². The number of carbonyl (C=O) groups is 1. The van der Waals surface area contributed by atoms with Crippen LogP contribution < -0.4 is 16.5 Å². The van der Waals surface area contributed by atoms with Crippen LogP contribution in [0.4, 0.5) is 5.82 Å². The summed E-state index contributed by atoms with van der Waals surface area (Å²) in [6.45, 7) is 1.70. The molecule has 6 heteroatoms. The Labute approximate surface area is 124 Å². The Morgan fingerprint density at radius 1 is 1.57 bits per heavy atom. The van der Waals surface area contributed by atoms with Crippen molar-refractivity contribution in [3.05, 3.63) is 39.7 Å². The van der Waals surface area contributed by atoms with E-state index in [0.29, 0.717) is 12.1 Å². The first-order valence-electron chi connectivity index (χ1n) is 7.06. The third kappa shape index (κ3) is 5.17. The van der Waals surface area contributed by atoms with Crippen molar-refractivity contribution in [1.82, 2.24) is 10.3 Å². The highest BCUT2D eigenvalue weighted by Gasteiger charge is 2.13. The SMILES string of the molecule is CCC(=O)c1c(N)[nH]c(CCCC=CC(O)NC)cc1=O. The smallest absolute Gasteiger partial charge is 0.194 e. The zero-order valence-electron chi connectivity index (χ0n) is 12.5. The number of aryl methyl sites for hydroxylation is 1. The number of aliphatic hydroxyl groups is 1. The molecule has 0 radical (unpaired) electrons. The number of nitrogens with two attached hydrogens (primary N) is 1. The van der Waals surface area contributed by atoms with E-state index in [-0.39, 0.29) is 29.0 Å². The highest BCUT2D eigenvalue weighted by molar-refractivity contribution is 5.99. The lowest BCUT2D eigenvalue weighted by atomic mass is 10.1. The van der Waals surface area contributed by atoms with E-state index in [1.807, 2.05) is 6.08 Å². The lowest BCUT2D eigenvalue weighted by Crippen LogP contribution is -2.21. The van der Waals surface area contributed by atoms with E-state index in [2.05, 4.69) is 10.3 Å². The summed E-state index contributed by atoms with van der Waals surface area (Å²) in [5.74, 6) is -0.102. The fourth-order valence-electron chi connectivity index (χ4n) is 1.97. The van der Waals surface area contributed by atoms with E-state index in [0.717, 1.165) is 12.8 Å². The van der Waals surface area contributed by atoms with Gasteiger partial charge in [-0.1, -0.05) is 13.0 Å². The fourth-order valence-corrected chi connectivity index (χ4v) is 1.97. The molecule has 1 aromatic rings. The summed E-state index contributed by atoms with van der Waals surface area (Å²) in [4.78, 5) is 26.4. The number of aromatic amines is 1. The molecule has 0 aliphatic heterocycles. The molecule has 0 amide bonds. The van der Waals surface area contributed by atoms with E-state index >= 15 is 0 Å². The Morgan fingerprint density at radius 3 is 2.86 bits per heavy atom. The number of hydrogen-bond donors (Lipinski definition) is 4. The minimum atomic E-state index is -0.639. The van der Waals surface area contributed by atoms with Gasteiger partial charge in [0.2, 0.25) is 0 Å². The average molecular weight is 293 g/mol. The number of hydrogen-bond acceptors (Lipinski definition) is 5. The van der Waals surface area contributed by atoms with Gasteiger partial charge in [-0.2, -0.15) is 0 Å². The molecule has 0 saturated heterocycles. The summed E-state index contributed by atoms with van der Waals surface area (Å²) < 4.78 is 0. The van der Waals surface area contributed by atoms with Gasteiger partial charge in [0.05, 0.1) is 0 Å². The van der Waals surface area contributed by atoms with Crippen LogP contribution in [0.3, 0.4) is 0 Å². The molecular formula is C15H23N3O3. The molecule has 0 aliphatic rings. The van der Waals surface area contributed by atoms with E-state index in [4.69, 9.17) is 5.73 Å². The lowest BCUT2D eigenvalue weighted by molar-refractivity contribution is 0.0987. The molecule has 0 bridgehead atoms. The predicted octanol–water partition coefficient (Wildman–Crippen LogP) is 0.967. The summed E-state index contributed by atoms with van der Waals surface area (Å²) >= 11 is 0. The van der Waals surface area contributed by atoms with Gasteiger partial charge in [0, 0.05) is 18.2 Å². The molecule has 21 heavy (non-hydrogen) atoms. The third-order valence-electron chi connectivity index (χ3n) is 3.15. The minimum Gasteiger partial charge on any atom is -0.385 e. The van der Waals surface area contributed by atoms with Crippen LogP contribution in [0.2, 0.25) is 0 Å². The number of aliphatic hydroxyl groups excluding tert-OH is 1. The monoisotopic (exact) mass is 293 g/mol. The zero-order chi connectivity index (χ0) is 15.8. The van der Waals surface area contributed by atoms with Gasteiger partial charge >= 0.3 is 0 Å². The maximum absolute atomic E-state index is 11.9. The van der Waals surface area contributed by atoms with Crippen LogP contribution in [0.25, 0.3) is 0 Å². The lowest BCUT2D eigenvalue weighted by Gasteiger charge is -2.06. The molecule has 6 nitrogen and oxygen atoms in total. The number of Topliss-reactive ketones (excluding diaryl/α,β-unsaturated/α-hetero) is 1. The van der Waals surface area contributed by atoms with Gasteiger partial charge in [0.25, 0.3) is 0 Å². The first kappa shape index (κ1) is 17.1. The van der Waals surface area contributed by atoms with Crippen LogP contribution in [0.5, 0.6) is 0 Å². The standard InChI is InChI=1S/C15H23N3O3/c1-3-11(19)14-12(20)9-10(18-15(14)16)7-5-4-6-8-13(21)17-2/h6,8-9,13,17,21H,3-5,7H2,1-2H3,(H3,16,18,20). The van der Waals surface area contributed by atoms with Gasteiger partial charge < -0.3 is 15.8 Å². The Hall–Kier alpha value is -1.92. The topological polar surface area (TPSA) is 108 Å². The Kier molecular flexibility index (Phi) is 6.84. The zero-order valence-corrected chi connectivity index (χ0v) is 12.5. The van der Waals surface area contributed by atoms with Crippen molar-refractivity contribution in [2.75, 3.05) is 12.8 Å². The largest absolute Gasteiger partial charge is 0.385 e. The molecule has 116 valence electrons. The number of nitrogen functional groups attached to an aromatic ring is 1. The van der Waals surface area contributed by atoms with Crippen LogP contribution in [0, 0.1) is 0 Å². The van der Waals surface area contributed by atoms with Gasteiger partial charge in [-0.15, -0.1) is 0 Å². The quantitative estimate of drug-likeness (QED) is 0.247. The summed E-state index contributed by atoms with van der Waals surface area (Å²) in [5.41, 5.74) is 6.20. The van der Waals surface area contributed by atoms with Crippen molar-refractivity contribution in [1.29, 1.82) is 0 Å². The van der Waals surface area contributed by atoms with E-state index < -0.39 is 6.23 Å². The van der Waals surface area contributed by atoms with Gasteiger partial charge in [0.1, 0.15) is 17.6 Å². The third-order valence-corrected chi connectivity index (χ3v) is 3.15. The highest BCUT2D eigenvalue weighted by Crippen LogP contribution is 2.09. The number of unbranched alkanes of at least 4 members (excludes halogenated alkanes) is 1. The van der Waals surface area contributed by atoms with Crippen LogP contribution in [0.15, 0.2) is 23.0 Å². The van der Waals surface area contributed by atoms with Gasteiger partial charge in [0.15, 0.2) is 11.2 Å². The second kappa shape index (κ2) is 8.39. The fraction of sp³-hybridized carbons (Fsp3) is 0.467. The minimum absolute atomic E-state index is 0.0540. The van der Waals surface area contributed by atoms with Crippen LogP contribution >= 0.6 is 0 Å². The number of pyridine rings is 1. The van der Waals surface area contributed by atoms with Crippen LogP contribution in [0.1, 0.15) is 42.2 Å². The number of rotatable bonds is 8. The number of nitrogens with one attached hydrogen (secondary N) is 2. The summed E-state index contributed by atoms with van der Waals surface area (Å²) in [5, 5.41) is 11.9. The molecule has 1 heterocycles. The van der Waals surface area contributed by atoms with Crippen molar-refractivity contribution >= 4 is 11.6 Å². The van der Waals surface area contributed by atoms with Gasteiger partial charge in [-0.3, -0.25) is 14.9 Å². The van der Waals surface area contributed by atoms with Crippen molar-refractivity contribution in [2.45, 2.75) is 38.8 Å². The van der Waals surface area contributed by atoms with Crippen molar-refractivity contribution in [2.24, 2.45) is 0 Å². The van der Waals surface area contributed by atoms with Gasteiger partial charge in [-0.25, -0.2) is 0 Å². The predicted molar refractivity (Wildman–Crippen MR) is 83.2 cm³/mol.